The summed E-state index contributed by atoms with van der Waals surface area (Å²) in [5.74, 6) is 0.332. The maximum Gasteiger partial charge on any atom is 0.0382 e. The van der Waals surface area contributed by atoms with E-state index < -0.39 is 0 Å². The van der Waals surface area contributed by atoms with Gasteiger partial charge < -0.3 is 5.73 Å². The molecule has 0 radical (unpaired) electrons. The Labute approximate surface area is 80.3 Å². The van der Waals surface area contributed by atoms with Crippen molar-refractivity contribution in [3.05, 3.63) is 41.5 Å². The molecule has 0 spiro atoms. The second-order valence-electron chi connectivity index (χ2n) is 3.61. The van der Waals surface area contributed by atoms with E-state index in [1.54, 1.807) is 0 Å². The first-order valence-corrected chi connectivity index (χ1v) is 4.55. The topological polar surface area (TPSA) is 26.0 Å². The molecule has 2 N–H and O–H groups in total. The van der Waals surface area contributed by atoms with Crippen LogP contribution in [0.15, 0.2) is 24.8 Å². The van der Waals surface area contributed by atoms with Crippen molar-refractivity contribution in [2.24, 2.45) is 0 Å². The highest BCUT2D eigenvalue weighted by Gasteiger charge is 2.07. The minimum Gasteiger partial charge on any atom is -0.398 e. The van der Waals surface area contributed by atoms with Gasteiger partial charge in [-0.05, 0) is 25.0 Å². The van der Waals surface area contributed by atoms with Gasteiger partial charge in [-0.15, -0.1) is 6.58 Å². The summed E-state index contributed by atoms with van der Waals surface area (Å²) in [6.07, 6.45) is 1.92. The van der Waals surface area contributed by atoms with E-state index in [1.807, 2.05) is 13.0 Å². The largest absolute Gasteiger partial charge is 0.398 e. The molecule has 0 bridgehead atoms. The smallest absolute Gasteiger partial charge is 0.0382 e. The third kappa shape index (κ3) is 1.92. The number of hydrogen-bond acceptors (Lipinski definition) is 1. The second kappa shape index (κ2) is 3.65. The Morgan fingerprint density at radius 2 is 2.00 bits per heavy atom. The number of benzene rings is 1. The Bertz CT molecular complexity index is 326. The van der Waals surface area contributed by atoms with Crippen molar-refractivity contribution in [2.75, 3.05) is 5.73 Å². The summed E-state index contributed by atoms with van der Waals surface area (Å²) in [5, 5.41) is 0. The monoisotopic (exact) mass is 175 g/mol. The van der Waals surface area contributed by atoms with E-state index in [1.165, 1.54) is 11.1 Å². The van der Waals surface area contributed by atoms with E-state index >= 15 is 0 Å². The minimum absolute atomic E-state index is 0.332. The molecule has 0 aliphatic rings. The van der Waals surface area contributed by atoms with E-state index in [-0.39, 0.29) is 0 Å². The maximum absolute atomic E-state index is 5.98. The van der Waals surface area contributed by atoms with E-state index in [0.29, 0.717) is 5.92 Å². The fraction of sp³-hybridized carbons (Fsp3) is 0.333. The average Bonchev–Trinajstić information content (AvgIpc) is 2.10. The first-order chi connectivity index (χ1) is 6.06. The molecule has 1 nitrogen and oxygen atoms in total. The molecule has 13 heavy (non-hydrogen) atoms. The van der Waals surface area contributed by atoms with Crippen LogP contribution >= 0.6 is 0 Å². The lowest BCUT2D eigenvalue weighted by molar-refractivity contribution is 0.969. The molecule has 0 fully saturated rings. The van der Waals surface area contributed by atoms with Crippen molar-refractivity contribution < 1.29 is 0 Å². The van der Waals surface area contributed by atoms with Gasteiger partial charge in [0, 0.05) is 11.6 Å². The normalized spacial score (nSPS) is 12.5. The van der Waals surface area contributed by atoms with Crippen LogP contribution in [0.5, 0.6) is 0 Å². The first-order valence-electron chi connectivity index (χ1n) is 4.55. The van der Waals surface area contributed by atoms with Gasteiger partial charge >= 0.3 is 0 Å². The summed E-state index contributed by atoms with van der Waals surface area (Å²) in [4.78, 5) is 0. The maximum atomic E-state index is 5.98. The van der Waals surface area contributed by atoms with Crippen molar-refractivity contribution in [3.63, 3.8) is 0 Å². The predicted octanol–water partition coefficient (Wildman–Crippen LogP) is 3.18. The van der Waals surface area contributed by atoms with E-state index in [4.69, 9.17) is 5.73 Å². The van der Waals surface area contributed by atoms with Crippen molar-refractivity contribution >= 4 is 5.69 Å². The Hall–Kier alpha value is -1.24. The Morgan fingerprint density at radius 1 is 1.38 bits per heavy atom. The molecular weight excluding hydrogens is 158 g/mol. The van der Waals surface area contributed by atoms with Gasteiger partial charge in [0.05, 0.1) is 0 Å². The fourth-order valence-corrected chi connectivity index (χ4v) is 1.52. The molecule has 0 heterocycles. The number of nitrogen functional groups attached to an aromatic ring is 1. The van der Waals surface area contributed by atoms with Crippen molar-refractivity contribution in [2.45, 2.75) is 26.7 Å². The molecule has 1 rings (SSSR count). The highest BCUT2D eigenvalue weighted by molar-refractivity contribution is 5.57. The van der Waals surface area contributed by atoms with E-state index in [9.17, 15) is 0 Å². The highest BCUT2D eigenvalue weighted by Crippen LogP contribution is 2.26. The minimum atomic E-state index is 0.332. The quantitative estimate of drug-likeness (QED) is 0.542. The van der Waals surface area contributed by atoms with Crippen LogP contribution in [0.4, 0.5) is 5.69 Å². The van der Waals surface area contributed by atoms with Gasteiger partial charge in [0.15, 0.2) is 0 Å². The lowest BCUT2D eigenvalue weighted by Crippen LogP contribution is -2.00. The van der Waals surface area contributed by atoms with E-state index in [0.717, 1.165) is 11.3 Å². The van der Waals surface area contributed by atoms with Gasteiger partial charge in [-0.25, -0.2) is 0 Å². The molecule has 0 amide bonds. The fourth-order valence-electron chi connectivity index (χ4n) is 1.52. The summed E-state index contributed by atoms with van der Waals surface area (Å²) in [6, 6.07) is 4.24. The summed E-state index contributed by atoms with van der Waals surface area (Å²) in [6.45, 7) is 10.0. The van der Waals surface area contributed by atoms with Crippen LogP contribution in [0.1, 0.15) is 29.5 Å². The highest BCUT2D eigenvalue weighted by atomic mass is 14.6. The van der Waals surface area contributed by atoms with Gasteiger partial charge in [-0.2, -0.15) is 0 Å². The molecule has 1 unspecified atom stereocenters. The SMILES string of the molecule is C=CC(C)c1cc(C)cc(C)c1N. The van der Waals surface area contributed by atoms with Gasteiger partial charge in [-0.3, -0.25) is 0 Å². The van der Waals surface area contributed by atoms with Gasteiger partial charge in [-0.1, -0.05) is 30.7 Å². The second-order valence-corrected chi connectivity index (χ2v) is 3.61. The third-order valence-corrected chi connectivity index (χ3v) is 2.41. The summed E-state index contributed by atoms with van der Waals surface area (Å²) >= 11 is 0. The first kappa shape index (κ1) is 9.85. The standard InChI is InChI=1S/C12H17N/c1-5-9(3)11-7-8(2)6-10(4)12(11)13/h5-7,9H,1,13H2,2-4H3. The Balaban J connectivity index is 3.27. The number of allylic oxidation sites excluding steroid dienone is 1. The number of anilines is 1. The zero-order valence-electron chi connectivity index (χ0n) is 8.59. The van der Waals surface area contributed by atoms with Crippen molar-refractivity contribution in [1.82, 2.24) is 0 Å². The van der Waals surface area contributed by atoms with Crippen LogP contribution in [-0.2, 0) is 0 Å². The summed E-state index contributed by atoms with van der Waals surface area (Å²) in [5.41, 5.74) is 10.5. The van der Waals surface area contributed by atoms with Crippen LogP contribution in [0.3, 0.4) is 0 Å². The van der Waals surface area contributed by atoms with Gasteiger partial charge in [0.25, 0.3) is 0 Å². The molecule has 1 heteroatoms. The van der Waals surface area contributed by atoms with Crippen LogP contribution in [0.2, 0.25) is 0 Å². The van der Waals surface area contributed by atoms with E-state index in [2.05, 4.69) is 32.6 Å². The van der Waals surface area contributed by atoms with Crippen LogP contribution in [0.25, 0.3) is 0 Å². The molecule has 0 aliphatic carbocycles. The predicted molar refractivity (Wildman–Crippen MR) is 58.9 cm³/mol. The molecular formula is C12H17N. The number of rotatable bonds is 2. The zero-order chi connectivity index (χ0) is 10.0. The zero-order valence-corrected chi connectivity index (χ0v) is 8.59. The molecule has 0 aliphatic heterocycles. The van der Waals surface area contributed by atoms with Gasteiger partial charge in [0.2, 0.25) is 0 Å². The van der Waals surface area contributed by atoms with Crippen LogP contribution in [0, 0.1) is 13.8 Å². The van der Waals surface area contributed by atoms with Crippen LogP contribution in [-0.4, -0.2) is 0 Å². The molecule has 0 saturated carbocycles. The van der Waals surface area contributed by atoms with Crippen molar-refractivity contribution in [1.29, 1.82) is 0 Å². The lowest BCUT2D eigenvalue weighted by Gasteiger charge is -2.13. The molecule has 1 atom stereocenters. The molecule has 1 aromatic rings. The third-order valence-electron chi connectivity index (χ3n) is 2.41. The number of nitrogens with two attached hydrogens (primary N) is 1. The molecule has 70 valence electrons. The lowest BCUT2D eigenvalue weighted by atomic mass is 9.95. The summed E-state index contributed by atoms with van der Waals surface area (Å²) < 4.78 is 0. The molecule has 0 saturated heterocycles. The number of hydrogen-bond donors (Lipinski definition) is 1. The van der Waals surface area contributed by atoms with Gasteiger partial charge in [0.1, 0.15) is 0 Å². The molecule has 1 aromatic carbocycles. The average molecular weight is 175 g/mol. The number of aryl methyl sites for hydroxylation is 2. The van der Waals surface area contributed by atoms with Crippen LogP contribution < -0.4 is 5.73 Å². The Kier molecular flexibility index (Phi) is 2.76. The molecule has 0 aromatic heterocycles. The Morgan fingerprint density at radius 3 is 2.54 bits per heavy atom. The van der Waals surface area contributed by atoms with Crippen molar-refractivity contribution in [3.8, 4) is 0 Å². The summed E-state index contributed by atoms with van der Waals surface area (Å²) in [7, 11) is 0.